The molecule has 1 saturated carbocycles. The number of hydrogen-bond acceptors (Lipinski definition) is 4. The Labute approximate surface area is 78.1 Å². The van der Waals surface area contributed by atoms with Crippen LogP contribution in [0, 0.1) is 5.92 Å². The first kappa shape index (κ1) is 10.5. The number of esters is 1. The lowest BCUT2D eigenvalue weighted by Gasteiger charge is -2.33. The van der Waals surface area contributed by atoms with Crippen LogP contribution in [0.4, 0.5) is 0 Å². The number of carbonyl (C=O) groups excluding carboxylic acids is 1. The Bertz CT molecular complexity index is 163. The molecule has 1 aliphatic carbocycles. The normalized spacial score (nSPS) is 26.6. The molecule has 0 N–H and O–H groups in total. The highest BCUT2D eigenvalue weighted by Gasteiger charge is 2.32. The van der Waals surface area contributed by atoms with Gasteiger partial charge in [-0.25, -0.2) is 9.78 Å². The van der Waals surface area contributed by atoms with Gasteiger partial charge in [0, 0.05) is 6.42 Å². The van der Waals surface area contributed by atoms with E-state index in [-0.39, 0.29) is 12.1 Å². The fraction of sp³-hybridized carbons (Fsp3) is 0.889. The van der Waals surface area contributed by atoms with Gasteiger partial charge in [-0.2, -0.15) is 0 Å². The van der Waals surface area contributed by atoms with Gasteiger partial charge >= 0.3 is 5.97 Å². The summed E-state index contributed by atoms with van der Waals surface area (Å²) in [6.07, 6.45) is 2.36. The van der Waals surface area contributed by atoms with Crippen molar-refractivity contribution in [1.29, 1.82) is 0 Å². The summed E-state index contributed by atoms with van der Waals surface area (Å²) >= 11 is 0. The number of ether oxygens (including phenoxy) is 1. The first-order chi connectivity index (χ1) is 6.26. The maximum absolute atomic E-state index is 10.9. The van der Waals surface area contributed by atoms with Crippen LogP contribution in [-0.2, 0) is 19.3 Å². The molecule has 0 spiro atoms. The zero-order valence-electron chi connectivity index (χ0n) is 8.12. The predicted molar refractivity (Wildman–Crippen MR) is 45.9 cm³/mol. The fourth-order valence-electron chi connectivity index (χ4n) is 1.34. The highest BCUT2D eigenvalue weighted by atomic mass is 17.2. The molecule has 0 saturated heterocycles. The summed E-state index contributed by atoms with van der Waals surface area (Å²) in [5, 5.41) is 0. The number of carbonyl (C=O) groups is 1. The molecule has 0 aromatic rings. The van der Waals surface area contributed by atoms with Gasteiger partial charge in [-0.1, -0.05) is 6.92 Å². The van der Waals surface area contributed by atoms with Crippen LogP contribution in [0.25, 0.3) is 0 Å². The van der Waals surface area contributed by atoms with Crippen LogP contribution in [-0.4, -0.2) is 25.8 Å². The van der Waals surface area contributed by atoms with Crippen molar-refractivity contribution in [3.05, 3.63) is 0 Å². The van der Waals surface area contributed by atoms with Crippen LogP contribution in [0.1, 0.15) is 26.2 Å². The average Bonchev–Trinajstić information content (AvgIpc) is 2.08. The van der Waals surface area contributed by atoms with Gasteiger partial charge < -0.3 is 4.74 Å². The van der Waals surface area contributed by atoms with Gasteiger partial charge in [-0.15, -0.1) is 0 Å². The fourth-order valence-corrected chi connectivity index (χ4v) is 1.34. The smallest absolute Gasteiger partial charge is 0.305 e. The zero-order chi connectivity index (χ0) is 9.68. The Hall–Kier alpha value is -0.610. The first-order valence-electron chi connectivity index (χ1n) is 4.61. The van der Waals surface area contributed by atoms with E-state index in [1.165, 1.54) is 7.11 Å². The second kappa shape index (κ2) is 5.19. The third kappa shape index (κ3) is 3.32. The van der Waals surface area contributed by atoms with Crippen molar-refractivity contribution in [1.82, 2.24) is 0 Å². The Morgan fingerprint density at radius 3 is 2.69 bits per heavy atom. The van der Waals surface area contributed by atoms with Crippen molar-refractivity contribution in [2.75, 3.05) is 13.7 Å². The van der Waals surface area contributed by atoms with Crippen molar-refractivity contribution >= 4 is 5.97 Å². The van der Waals surface area contributed by atoms with E-state index in [4.69, 9.17) is 9.62 Å². The SMILES string of the molecule is CCC(=O)OC1CC(COOC)C1. The number of rotatable bonds is 5. The largest absolute Gasteiger partial charge is 0.462 e. The highest BCUT2D eigenvalue weighted by molar-refractivity contribution is 5.69. The Morgan fingerprint density at radius 2 is 2.15 bits per heavy atom. The highest BCUT2D eigenvalue weighted by Crippen LogP contribution is 2.30. The molecule has 0 atom stereocenters. The molecule has 0 bridgehead atoms. The van der Waals surface area contributed by atoms with Gasteiger partial charge in [0.05, 0.1) is 13.7 Å². The van der Waals surface area contributed by atoms with E-state index in [9.17, 15) is 4.79 Å². The molecule has 0 aromatic heterocycles. The standard InChI is InChI=1S/C9H16O4/c1-3-9(10)13-8-4-7(5-8)6-12-11-2/h7-8H,3-6H2,1-2H3. The first-order valence-corrected chi connectivity index (χ1v) is 4.61. The maximum atomic E-state index is 10.9. The van der Waals surface area contributed by atoms with Gasteiger partial charge in [0.25, 0.3) is 0 Å². The molecule has 13 heavy (non-hydrogen) atoms. The van der Waals surface area contributed by atoms with Crippen molar-refractivity contribution in [2.45, 2.75) is 32.3 Å². The maximum Gasteiger partial charge on any atom is 0.305 e. The molecule has 1 fully saturated rings. The van der Waals surface area contributed by atoms with E-state index < -0.39 is 0 Å². The monoisotopic (exact) mass is 188 g/mol. The lowest BCUT2D eigenvalue weighted by Crippen LogP contribution is -2.35. The van der Waals surface area contributed by atoms with E-state index in [1.807, 2.05) is 0 Å². The Kier molecular flexibility index (Phi) is 4.18. The van der Waals surface area contributed by atoms with Crippen LogP contribution in [0.2, 0.25) is 0 Å². The summed E-state index contributed by atoms with van der Waals surface area (Å²) in [5.74, 6) is 0.366. The number of hydrogen-bond donors (Lipinski definition) is 0. The summed E-state index contributed by atoms with van der Waals surface area (Å²) in [6.45, 7) is 2.39. The average molecular weight is 188 g/mol. The predicted octanol–water partition coefficient (Wildman–Crippen LogP) is 1.30. The van der Waals surface area contributed by atoms with Crippen LogP contribution in [0.5, 0.6) is 0 Å². The molecule has 0 unspecified atom stereocenters. The molecule has 1 rings (SSSR count). The molecule has 0 amide bonds. The van der Waals surface area contributed by atoms with E-state index in [0.29, 0.717) is 18.9 Å². The molecular formula is C9H16O4. The zero-order valence-corrected chi connectivity index (χ0v) is 8.12. The van der Waals surface area contributed by atoms with Gasteiger partial charge in [0.15, 0.2) is 0 Å². The van der Waals surface area contributed by atoms with Gasteiger partial charge in [-0.3, -0.25) is 4.79 Å². The van der Waals surface area contributed by atoms with Crippen molar-refractivity contribution in [3.8, 4) is 0 Å². The second-order valence-corrected chi connectivity index (χ2v) is 3.25. The summed E-state index contributed by atoms with van der Waals surface area (Å²) < 4.78 is 5.11. The Balaban J connectivity index is 2.01. The molecule has 4 nitrogen and oxygen atoms in total. The van der Waals surface area contributed by atoms with Crippen LogP contribution >= 0.6 is 0 Å². The summed E-state index contributed by atoms with van der Waals surface area (Å²) in [7, 11) is 1.49. The van der Waals surface area contributed by atoms with Crippen molar-refractivity contribution in [3.63, 3.8) is 0 Å². The molecule has 76 valence electrons. The van der Waals surface area contributed by atoms with Crippen molar-refractivity contribution in [2.24, 2.45) is 5.92 Å². The summed E-state index contributed by atoms with van der Waals surface area (Å²) in [4.78, 5) is 20.1. The molecule has 1 aliphatic rings. The molecule has 4 heteroatoms. The molecule has 0 aliphatic heterocycles. The van der Waals surface area contributed by atoms with Crippen LogP contribution in [0.15, 0.2) is 0 Å². The van der Waals surface area contributed by atoms with Crippen LogP contribution < -0.4 is 0 Å². The van der Waals surface area contributed by atoms with E-state index >= 15 is 0 Å². The lowest BCUT2D eigenvalue weighted by molar-refractivity contribution is -0.286. The third-order valence-corrected chi connectivity index (χ3v) is 2.20. The van der Waals surface area contributed by atoms with Gasteiger partial charge in [0.2, 0.25) is 0 Å². The van der Waals surface area contributed by atoms with Crippen molar-refractivity contribution < 1.29 is 19.3 Å². The van der Waals surface area contributed by atoms with Crippen LogP contribution in [0.3, 0.4) is 0 Å². The summed E-state index contributed by atoms with van der Waals surface area (Å²) in [6, 6.07) is 0. The molecule has 0 heterocycles. The minimum Gasteiger partial charge on any atom is -0.462 e. The minimum absolute atomic E-state index is 0.109. The second-order valence-electron chi connectivity index (χ2n) is 3.25. The van der Waals surface area contributed by atoms with Gasteiger partial charge in [-0.05, 0) is 18.8 Å². The minimum atomic E-state index is -0.115. The quantitative estimate of drug-likeness (QED) is 0.370. The van der Waals surface area contributed by atoms with E-state index in [2.05, 4.69) is 4.89 Å². The summed E-state index contributed by atoms with van der Waals surface area (Å²) in [5.41, 5.74) is 0. The third-order valence-electron chi connectivity index (χ3n) is 2.20. The van der Waals surface area contributed by atoms with E-state index in [1.54, 1.807) is 6.92 Å². The lowest BCUT2D eigenvalue weighted by atomic mass is 9.83. The molecule has 0 aromatic carbocycles. The molecule has 0 radical (unpaired) electrons. The molecular weight excluding hydrogens is 172 g/mol. The van der Waals surface area contributed by atoms with E-state index in [0.717, 1.165) is 12.8 Å². The topological polar surface area (TPSA) is 44.8 Å². The Morgan fingerprint density at radius 1 is 1.46 bits per heavy atom. The van der Waals surface area contributed by atoms with Gasteiger partial charge in [0.1, 0.15) is 6.10 Å².